The molecule has 0 bridgehead atoms. The third-order valence-corrected chi connectivity index (χ3v) is 6.86. The van der Waals surface area contributed by atoms with E-state index in [9.17, 15) is 14.7 Å². The topological polar surface area (TPSA) is 60.7 Å². The molecular weight excluding hydrogens is 259 g/mol. The van der Waals surface area contributed by atoms with Crippen molar-refractivity contribution in [1.82, 2.24) is 0 Å². The average Bonchev–Trinajstić information content (AvgIpc) is 2.25. The van der Waals surface area contributed by atoms with Crippen molar-refractivity contribution in [1.29, 1.82) is 0 Å². The summed E-state index contributed by atoms with van der Waals surface area (Å²) < 4.78 is 0. The first-order valence-corrected chi connectivity index (χ1v) is 9.42. The average molecular weight is 293 g/mol. The first-order chi connectivity index (χ1) is 8.70. The van der Waals surface area contributed by atoms with E-state index in [2.05, 4.69) is 6.92 Å². The molecule has 0 radical (unpaired) electrons. The van der Waals surface area contributed by atoms with Crippen molar-refractivity contribution < 1.29 is 14.7 Å². The fourth-order valence-corrected chi connectivity index (χ4v) is 5.12. The van der Waals surface area contributed by atoms with E-state index in [4.69, 9.17) is 0 Å². The highest BCUT2D eigenvalue weighted by molar-refractivity contribution is 7.60. The Kier molecular flexibility index (Phi) is 8.70. The summed E-state index contributed by atoms with van der Waals surface area (Å²) in [5.74, 6) is 0.132. The van der Waals surface area contributed by atoms with Gasteiger partial charge in [-0.2, -0.15) is 14.7 Å². The second-order valence-corrected chi connectivity index (χ2v) is 8.36. The van der Waals surface area contributed by atoms with Crippen LogP contribution in [-0.4, -0.2) is 19.8 Å². The van der Waals surface area contributed by atoms with Gasteiger partial charge in [0.2, 0.25) is 0 Å². The van der Waals surface area contributed by atoms with E-state index >= 15 is 0 Å². The Morgan fingerprint density at radius 1 is 0.789 bits per heavy atom. The predicted octanol–water partition coefficient (Wildman–Crippen LogP) is 4.53. The molecule has 3 N–H and O–H groups in total. The Morgan fingerprint density at radius 3 is 1.58 bits per heavy atom. The molecule has 0 saturated heterocycles. The maximum atomic E-state index is 9.93. The molecule has 3 nitrogen and oxygen atoms in total. The minimum Gasteiger partial charge on any atom is -0.192 e. The molecular formula is C15H34O3P+. The van der Waals surface area contributed by atoms with Crippen LogP contribution in [0.5, 0.6) is 0 Å². The van der Waals surface area contributed by atoms with Gasteiger partial charge >= 0.3 is 7.94 Å². The maximum Gasteiger partial charge on any atom is 0.410 e. The Morgan fingerprint density at radius 2 is 1.21 bits per heavy atom. The van der Waals surface area contributed by atoms with E-state index in [1.54, 1.807) is 0 Å². The van der Waals surface area contributed by atoms with Gasteiger partial charge in [-0.05, 0) is 12.8 Å². The number of rotatable bonds is 10. The lowest BCUT2D eigenvalue weighted by molar-refractivity contribution is 0.195. The molecule has 116 valence electrons. The van der Waals surface area contributed by atoms with Crippen LogP contribution < -0.4 is 0 Å². The van der Waals surface area contributed by atoms with Crippen LogP contribution in [0.2, 0.25) is 0 Å². The first-order valence-electron chi connectivity index (χ1n) is 7.77. The van der Waals surface area contributed by atoms with E-state index in [-0.39, 0.29) is 11.8 Å². The number of hydrogen-bond donors (Lipinski definition) is 3. The molecule has 0 amide bonds. The molecule has 0 aromatic heterocycles. The molecule has 0 atom stereocenters. The van der Waals surface area contributed by atoms with E-state index < -0.39 is 13.1 Å². The quantitative estimate of drug-likeness (QED) is 0.410. The Balaban J connectivity index is 4.53. The summed E-state index contributed by atoms with van der Waals surface area (Å²) in [5.41, 5.74) is 0. The summed E-state index contributed by atoms with van der Waals surface area (Å²) in [7, 11) is -3.83. The minimum atomic E-state index is -3.83. The van der Waals surface area contributed by atoms with Crippen LogP contribution in [-0.2, 0) is 0 Å². The lowest BCUT2D eigenvalue weighted by Crippen LogP contribution is -2.43. The lowest BCUT2D eigenvalue weighted by atomic mass is 9.80. The lowest BCUT2D eigenvalue weighted by Gasteiger charge is -2.39. The summed E-state index contributed by atoms with van der Waals surface area (Å²) in [6.45, 7) is 10.1. The van der Waals surface area contributed by atoms with Gasteiger partial charge in [0.15, 0.2) is 5.16 Å². The normalized spacial score (nSPS) is 13.6. The van der Waals surface area contributed by atoms with Crippen molar-refractivity contribution in [2.24, 2.45) is 11.8 Å². The number of unbranched alkanes of at least 4 members (excludes halogenated alkanes) is 5. The van der Waals surface area contributed by atoms with Crippen LogP contribution >= 0.6 is 7.94 Å². The molecule has 0 rings (SSSR count). The predicted molar refractivity (Wildman–Crippen MR) is 84.0 cm³/mol. The molecule has 4 heteroatoms. The summed E-state index contributed by atoms with van der Waals surface area (Å²) in [6, 6.07) is 0. The molecule has 0 fully saturated rings. The van der Waals surface area contributed by atoms with Crippen molar-refractivity contribution in [3.63, 3.8) is 0 Å². The molecule has 0 aliphatic carbocycles. The van der Waals surface area contributed by atoms with Crippen LogP contribution in [0, 0.1) is 11.8 Å². The van der Waals surface area contributed by atoms with Crippen molar-refractivity contribution in [2.75, 3.05) is 0 Å². The second-order valence-electron chi connectivity index (χ2n) is 6.39. The smallest absolute Gasteiger partial charge is 0.192 e. The zero-order valence-electron chi connectivity index (χ0n) is 13.4. The largest absolute Gasteiger partial charge is 0.410 e. The molecule has 0 aromatic carbocycles. The Labute approximate surface area is 120 Å². The molecule has 19 heavy (non-hydrogen) atoms. The SMILES string of the molecule is CCCCCCCCC(C(C)C)(C(C)C)[P+](O)(O)O. The van der Waals surface area contributed by atoms with E-state index in [0.717, 1.165) is 12.8 Å². The number of hydrogen-bond acceptors (Lipinski definition) is 3. The van der Waals surface area contributed by atoms with Crippen molar-refractivity contribution in [2.45, 2.75) is 84.7 Å². The monoisotopic (exact) mass is 293 g/mol. The van der Waals surface area contributed by atoms with Gasteiger partial charge in [0.1, 0.15) is 0 Å². The molecule has 0 spiro atoms. The van der Waals surface area contributed by atoms with Gasteiger partial charge in [-0.25, -0.2) is 0 Å². The zero-order chi connectivity index (χ0) is 15.1. The first kappa shape index (κ1) is 19.3. The van der Waals surface area contributed by atoms with Crippen LogP contribution in [0.4, 0.5) is 0 Å². The van der Waals surface area contributed by atoms with Gasteiger partial charge in [-0.1, -0.05) is 66.7 Å². The molecule has 0 saturated carbocycles. The summed E-state index contributed by atoms with van der Waals surface area (Å²) >= 11 is 0. The third-order valence-electron chi connectivity index (χ3n) is 4.49. The maximum absolute atomic E-state index is 9.93. The highest BCUT2D eigenvalue weighted by Gasteiger charge is 2.61. The minimum absolute atomic E-state index is 0.0662. The summed E-state index contributed by atoms with van der Waals surface area (Å²) in [6.07, 6.45) is 7.74. The standard InChI is InChI=1S/C15H34O3P/c1-6-7-8-9-10-11-12-15(13(2)3,14(4)5)19(16,17)18/h13-14,16-18H,6-12H2,1-5H3/q+1. The molecule has 0 aliphatic rings. The highest BCUT2D eigenvalue weighted by atomic mass is 31.2. The molecule has 0 unspecified atom stereocenters. The van der Waals surface area contributed by atoms with Crippen LogP contribution in [0.1, 0.15) is 79.6 Å². The van der Waals surface area contributed by atoms with Gasteiger partial charge in [-0.3, -0.25) is 0 Å². The van der Waals surface area contributed by atoms with Crippen molar-refractivity contribution in [3.05, 3.63) is 0 Å². The van der Waals surface area contributed by atoms with E-state index in [1.165, 1.54) is 25.7 Å². The zero-order valence-corrected chi connectivity index (χ0v) is 14.3. The van der Waals surface area contributed by atoms with E-state index in [1.807, 2.05) is 27.7 Å². The van der Waals surface area contributed by atoms with Gasteiger partial charge in [0, 0.05) is 11.8 Å². The Hall–Kier alpha value is 0.310. The molecule has 0 heterocycles. The summed E-state index contributed by atoms with van der Waals surface area (Å²) in [5, 5.41) is -0.738. The van der Waals surface area contributed by atoms with Crippen molar-refractivity contribution in [3.8, 4) is 0 Å². The fourth-order valence-electron chi connectivity index (χ4n) is 3.28. The third kappa shape index (κ3) is 5.30. The van der Waals surface area contributed by atoms with Crippen LogP contribution in [0.25, 0.3) is 0 Å². The van der Waals surface area contributed by atoms with Crippen LogP contribution in [0.3, 0.4) is 0 Å². The van der Waals surface area contributed by atoms with Gasteiger partial charge < -0.3 is 0 Å². The van der Waals surface area contributed by atoms with Gasteiger partial charge in [0.25, 0.3) is 0 Å². The van der Waals surface area contributed by atoms with Gasteiger partial charge in [0.05, 0.1) is 0 Å². The molecule has 0 aliphatic heterocycles. The van der Waals surface area contributed by atoms with E-state index in [0.29, 0.717) is 6.42 Å². The van der Waals surface area contributed by atoms with Crippen LogP contribution in [0.15, 0.2) is 0 Å². The summed E-state index contributed by atoms with van der Waals surface area (Å²) in [4.78, 5) is 29.8. The van der Waals surface area contributed by atoms with Gasteiger partial charge in [-0.15, -0.1) is 0 Å². The Bertz CT molecular complexity index is 226. The fraction of sp³-hybridized carbons (Fsp3) is 1.00. The second kappa shape index (κ2) is 8.56. The highest BCUT2D eigenvalue weighted by Crippen LogP contribution is 2.66. The van der Waals surface area contributed by atoms with Crippen molar-refractivity contribution >= 4 is 7.94 Å². The molecule has 0 aromatic rings.